The van der Waals surface area contributed by atoms with E-state index in [2.05, 4.69) is 84.2 Å². The van der Waals surface area contributed by atoms with Crippen LogP contribution in [0.5, 0.6) is 0 Å². The summed E-state index contributed by atoms with van der Waals surface area (Å²) in [5.74, 6) is 0. The Morgan fingerprint density at radius 1 is 0.938 bits per heavy atom. The molecule has 0 aliphatic carbocycles. The SMILES string of the molecule is Cc1ccc2c([nH+]c3sc(=Cc4cn(Cc5ccccc5)c5ccccc45)c(=O)n32)c1C. The first kappa shape index (κ1) is 19.0. The number of H-pyrrole nitrogens is 1. The molecule has 0 saturated heterocycles. The van der Waals surface area contributed by atoms with Crippen LogP contribution in [0.2, 0.25) is 0 Å². The second kappa shape index (κ2) is 7.18. The van der Waals surface area contributed by atoms with E-state index in [0.29, 0.717) is 0 Å². The van der Waals surface area contributed by atoms with Crippen LogP contribution in [0, 0.1) is 13.8 Å². The summed E-state index contributed by atoms with van der Waals surface area (Å²) >= 11 is 1.51. The molecule has 0 aliphatic rings. The van der Waals surface area contributed by atoms with Gasteiger partial charge >= 0.3 is 10.5 Å². The number of nitrogens with zero attached hydrogens (tertiary/aromatic N) is 2. The van der Waals surface area contributed by atoms with Crippen molar-refractivity contribution in [3.05, 3.63) is 110 Å². The topological polar surface area (TPSA) is 40.5 Å². The summed E-state index contributed by atoms with van der Waals surface area (Å²) in [4.78, 5) is 17.7. The van der Waals surface area contributed by atoms with E-state index in [4.69, 9.17) is 0 Å². The van der Waals surface area contributed by atoms with Gasteiger partial charge in [-0.1, -0.05) is 54.6 Å². The van der Waals surface area contributed by atoms with Crippen LogP contribution < -0.4 is 15.1 Å². The Morgan fingerprint density at radius 2 is 1.72 bits per heavy atom. The highest BCUT2D eigenvalue weighted by Gasteiger charge is 2.21. The highest BCUT2D eigenvalue weighted by molar-refractivity contribution is 7.14. The van der Waals surface area contributed by atoms with Gasteiger partial charge in [-0.05, 0) is 54.5 Å². The minimum atomic E-state index is 0.0272. The Kier molecular flexibility index (Phi) is 4.26. The lowest BCUT2D eigenvalue weighted by molar-refractivity contribution is -0.308. The normalized spacial score (nSPS) is 12.5. The number of aromatic nitrogens is 3. The summed E-state index contributed by atoms with van der Waals surface area (Å²) in [6, 6.07) is 22.9. The molecule has 1 N–H and O–H groups in total. The zero-order valence-electron chi connectivity index (χ0n) is 17.9. The fourth-order valence-electron chi connectivity index (χ4n) is 4.48. The number of aryl methyl sites for hydroxylation is 2. The van der Waals surface area contributed by atoms with Crippen LogP contribution in [-0.2, 0) is 6.54 Å². The number of aromatic amines is 1. The molecule has 156 valence electrons. The zero-order valence-corrected chi connectivity index (χ0v) is 18.7. The number of benzene rings is 3. The number of hydrogen-bond donors (Lipinski definition) is 0. The first-order valence-corrected chi connectivity index (χ1v) is 11.5. The largest absolute Gasteiger partial charge is 0.357 e. The van der Waals surface area contributed by atoms with Gasteiger partial charge in [0.2, 0.25) is 0 Å². The Balaban J connectivity index is 1.54. The van der Waals surface area contributed by atoms with Gasteiger partial charge in [0.15, 0.2) is 11.0 Å². The smallest absolute Gasteiger partial charge is 0.342 e. The zero-order chi connectivity index (χ0) is 21.8. The van der Waals surface area contributed by atoms with Crippen LogP contribution in [0.25, 0.3) is 33.0 Å². The third kappa shape index (κ3) is 2.89. The van der Waals surface area contributed by atoms with E-state index >= 15 is 0 Å². The van der Waals surface area contributed by atoms with Crippen LogP contribution in [0.1, 0.15) is 22.3 Å². The molecule has 0 saturated carbocycles. The van der Waals surface area contributed by atoms with Crippen LogP contribution >= 0.6 is 11.3 Å². The lowest BCUT2D eigenvalue weighted by Crippen LogP contribution is -2.22. The predicted octanol–water partition coefficient (Wildman–Crippen LogP) is 4.50. The molecule has 0 amide bonds. The van der Waals surface area contributed by atoms with Gasteiger partial charge in [-0.25, -0.2) is 9.78 Å². The molecule has 0 spiro atoms. The minimum Gasteiger partial charge on any atom is -0.342 e. The molecule has 0 radical (unpaired) electrons. The maximum absolute atomic E-state index is 13.4. The van der Waals surface area contributed by atoms with E-state index in [1.807, 2.05) is 18.2 Å². The number of nitrogens with one attached hydrogen (secondary N) is 1. The van der Waals surface area contributed by atoms with Gasteiger partial charge in [-0.3, -0.25) is 0 Å². The summed E-state index contributed by atoms with van der Waals surface area (Å²) in [6.45, 7) is 4.98. The Labute approximate surface area is 188 Å². The van der Waals surface area contributed by atoms with Crippen LogP contribution in [-0.4, -0.2) is 8.97 Å². The van der Waals surface area contributed by atoms with Crippen molar-refractivity contribution >= 4 is 44.3 Å². The predicted molar refractivity (Wildman–Crippen MR) is 131 cm³/mol. The number of para-hydroxylation sites is 1. The van der Waals surface area contributed by atoms with E-state index in [-0.39, 0.29) is 5.56 Å². The molecule has 4 nitrogen and oxygen atoms in total. The fourth-order valence-corrected chi connectivity index (χ4v) is 5.48. The number of hydrogen-bond acceptors (Lipinski definition) is 2. The highest BCUT2D eigenvalue weighted by Crippen LogP contribution is 2.24. The van der Waals surface area contributed by atoms with E-state index < -0.39 is 0 Å². The lowest BCUT2D eigenvalue weighted by atomic mass is 10.1. The van der Waals surface area contributed by atoms with E-state index in [1.165, 1.54) is 33.5 Å². The van der Waals surface area contributed by atoms with E-state index in [9.17, 15) is 4.79 Å². The first-order valence-electron chi connectivity index (χ1n) is 10.7. The molecular formula is C27H22N3OS+. The van der Waals surface area contributed by atoms with Crippen molar-refractivity contribution in [2.24, 2.45) is 0 Å². The Bertz CT molecular complexity index is 1740. The van der Waals surface area contributed by atoms with Gasteiger partial charge in [0.25, 0.3) is 0 Å². The maximum atomic E-state index is 13.4. The van der Waals surface area contributed by atoms with Crippen LogP contribution in [0.4, 0.5) is 0 Å². The average Bonchev–Trinajstić information content (AvgIpc) is 3.44. The first-order chi connectivity index (χ1) is 15.6. The van der Waals surface area contributed by atoms with Gasteiger partial charge < -0.3 is 4.57 Å². The minimum absolute atomic E-state index is 0.0272. The molecule has 0 aliphatic heterocycles. The van der Waals surface area contributed by atoms with Crippen molar-refractivity contribution in [3.63, 3.8) is 0 Å². The van der Waals surface area contributed by atoms with Crippen LogP contribution in [0.3, 0.4) is 0 Å². The molecule has 6 rings (SSSR count). The standard InChI is InChI=1S/C27H21N3OS/c1-17-12-13-23-25(18(17)2)28-27-30(23)26(31)24(32-27)14-20-16-29(15-19-8-4-3-5-9-19)22-11-7-6-10-21(20)22/h3-14,16H,15H2,1-2H3/p+1. The van der Waals surface area contributed by atoms with E-state index in [0.717, 1.165) is 38.0 Å². The van der Waals surface area contributed by atoms with Gasteiger partial charge in [-0.15, -0.1) is 4.40 Å². The molecule has 32 heavy (non-hydrogen) atoms. The fraction of sp³-hybridized carbons (Fsp3) is 0.111. The summed E-state index contributed by atoms with van der Waals surface area (Å²) in [7, 11) is 0. The lowest BCUT2D eigenvalue weighted by Gasteiger charge is -2.05. The van der Waals surface area contributed by atoms with Crippen LogP contribution in [0.15, 0.2) is 77.7 Å². The molecule has 3 heterocycles. The quantitative estimate of drug-likeness (QED) is 0.403. The number of fused-ring (bicyclic) bond motifs is 4. The number of thiazole rings is 1. The number of rotatable bonds is 3. The van der Waals surface area contributed by atoms with Crippen molar-refractivity contribution in [2.75, 3.05) is 0 Å². The summed E-state index contributed by atoms with van der Waals surface area (Å²) in [5.41, 5.74) is 7.90. The van der Waals surface area contributed by atoms with Crippen molar-refractivity contribution in [1.82, 2.24) is 8.97 Å². The third-order valence-corrected chi connectivity index (χ3v) is 7.30. The van der Waals surface area contributed by atoms with E-state index in [1.54, 1.807) is 4.40 Å². The van der Waals surface area contributed by atoms with Gasteiger partial charge in [0, 0.05) is 34.8 Å². The van der Waals surface area contributed by atoms with Crippen molar-refractivity contribution in [2.45, 2.75) is 20.4 Å². The molecular weight excluding hydrogens is 414 g/mol. The molecule has 0 bridgehead atoms. The van der Waals surface area contributed by atoms with Gasteiger partial charge in [-0.2, -0.15) is 0 Å². The van der Waals surface area contributed by atoms with Crippen molar-refractivity contribution in [3.8, 4) is 0 Å². The monoisotopic (exact) mass is 436 g/mol. The molecule has 3 aromatic heterocycles. The van der Waals surface area contributed by atoms with Crippen molar-refractivity contribution in [1.29, 1.82) is 0 Å². The van der Waals surface area contributed by atoms with Gasteiger partial charge in [0.1, 0.15) is 4.53 Å². The Hall–Kier alpha value is -3.70. The van der Waals surface area contributed by atoms with Gasteiger partial charge in [0.05, 0.1) is 0 Å². The molecule has 5 heteroatoms. The number of imidazole rings is 1. The molecule has 0 atom stereocenters. The molecule has 3 aromatic carbocycles. The summed E-state index contributed by atoms with van der Waals surface area (Å²) < 4.78 is 4.80. The maximum Gasteiger partial charge on any atom is 0.357 e. The van der Waals surface area contributed by atoms with Crippen molar-refractivity contribution < 1.29 is 4.98 Å². The molecule has 0 unspecified atom stereocenters. The summed E-state index contributed by atoms with van der Waals surface area (Å²) in [6.07, 6.45) is 4.19. The molecule has 6 aromatic rings. The third-order valence-electron chi connectivity index (χ3n) is 6.31. The second-order valence-corrected chi connectivity index (χ2v) is 9.33. The second-order valence-electron chi connectivity index (χ2n) is 8.30. The Morgan fingerprint density at radius 3 is 2.56 bits per heavy atom. The summed E-state index contributed by atoms with van der Waals surface area (Å²) in [5, 5.41) is 1.15. The molecule has 0 fully saturated rings. The highest BCUT2D eigenvalue weighted by atomic mass is 32.1. The average molecular weight is 437 g/mol.